The third kappa shape index (κ3) is 2.48. The molecule has 2 nitrogen and oxygen atoms in total. The Hall–Kier alpha value is -0.410. The van der Waals surface area contributed by atoms with Crippen molar-refractivity contribution in [2.75, 3.05) is 0 Å². The van der Waals surface area contributed by atoms with Gasteiger partial charge in [0.15, 0.2) is 0 Å². The summed E-state index contributed by atoms with van der Waals surface area (Å²) in [6, 6.07) is 0. The van der Waals surface area contributed by atoms with Gasteiger partial charge < -0.3 is 5.73 Å². The van der Waals surface area contributed by atoms with E-state index in [2.05, 4.69) is 40.0 Å². The maximum atomic E-state index is 6.71. The Morgan fingerprint density at radius 3 is 2.56 bits per heavy atom. The molecule has 3 heteroatoms. The van der Waals surface area contributed by atoms with E-state index in [-0.39, 0.29) is 5.54 Å². The monoisotopic (exact) mass is 266 g/mol. The standard InChI is InChI=1S/C15H26N2S/c1-10(2)12-9-18-13(17-12)15(16)7-6-14(4,5)8-11(15)3/h9-11H,6-8,16H2,1-5H3. The molecular formula is C15H26N2S. The van der Waals surface area contributed by atoms with Gasteiger partial charge in [-0.1, -0.05) is 34.6 Å². The Balaban J connectivity index is 2.25. The second-order valence-corrected chi connectivity index (χ2v) is 7.90. The van der Waals surface area contributed by atoms with E-state index in [4.69, 9.17) is 10.7 Å². The Kier molecular flexibility index (Phi) is 3.58. The number of aromatic nitrogens is 1. The predicted octanol–water partition coefficient (Wildman–Crippen LogP) is 4.27. The molecule has 0 aromatic carbocycles. The summed E-state index contributed by atoms with van der Waals surface area (Å²) in [6.07, 6.45) is 3.46. The van der Waals surface area contributed by atoms with Crippen LogP contribution in [0, 0.1) is 11.3 Å². The lowest BCUT2D eigenvalue weighted by Gasteiger charge is -2.45. The van der Waals surface area contributed by atoms with Crippen molar-refractivity contribution >= 4 is 11.3 Å². The number of rotatable bonds is 2. The Labute approximate surface area is 115 Å². The first-order valence-electron chi connectivity index (χ1n) is 6.99. The normalized spacial score (nSPS) is 31.8. The van der Waals surface area contributed by atoms with E-state index in [1.807, 2.05) is 0 Å². The second kappa shape index (κ2) is 4.61. The van der Waals surface area contributed by atoms with E-state index in [9.17, 15) is 0 Å². The van der Waals surface area contributed by atoms with Crippen LogP contribution in [0.4, 0.5) is 0 Å². The molecule has 2 N–H and O–H groups in total. The van der Waals surface area contributed by atoms with Gasteiger partial charge in [0, 0.05) is 5.38 Å². The molecule has 0 radical (unpaired) electrons. The van der Waals surface area contributed by atoms with Crippen LogP contribution in [0.3, 0.4) is 0 Å². The molecule has 0 bridgehead atoms. The van der Waals surface area contributed by atoms with Gasteiger partial charge in [-0.25, -0.2) is 4.98 Å². The molecule has 18 heavy (non-hydrogen) atoms. The summed E-state index contributed by atoms with van der Waals surface area (Å²) < 4.78 is 0. The Morgan fingerprint density at radius 1 is 1.39 bits per heavy atom. The molecule has 0 aliphatic heterocycles. The topological polar surface area (TPSA) is 38.9 Å². The van der Waals surface area contributed by atoms with E-state index in [1.54, 1.807) is 11.3 Å². The summed E-state index contributed by atoms with van der Waals surface area (Å²) in [5.41, 5.74) is 8.13. The highest BCUT2D eigenvalue weighted by molar-refractivity contribution is 7.09. The van der Waals surface area contributed by atoms with Crippen molar-refractivity contribution in [3.63, 3.8) is 0 Å². The first-order chi connectivity index (χ1) is 8.24. The quantitative estimate of drug-likeness (QED) is 0.868. The summed E-state index contributed by atoms with van der Waals surface area (Å²) in [5, 5.41) is 3.33. The van der Waals surface area contributed by atoms with Crippen LogP contribution in [0.25, 0.3) is 0 Å². The molecule has 102 valence electrons. The van der Waals surface area contributed by atoms with E-state index in [0.29, 0.717) is 17.3 Å². The highest BCUT2D eigenvalue weighted by Crippen LogP contribution is 2.48. The van der Waals surface area contributed by atoms with Crippen molar-refractivity contribution < 1.29 is 0 Å². The Bertz CT molecular complexity index is 422. The van der Waals surface area contributed by atoms with Gasteiger partial charge in [0.2, 0.25) is 0 Å². The van der Waals surface area contributed by atoms with Crippen molar-refractivity contribution in [1.82, 2.24) is 4.98 Å². The zero-order valence-corrected chi connectivity index (χ0v) is 13.1. The molecule has 1 aromatic rings. The minimum absolute atomic E-state index is 0.201. The first kappa shape index (κ1) is 14.0. The van der Waals surface area contributed by atoms with E-state index in [0.717, 1.165) is 11.4 Å². The molecule has 2 atom stereocenters. The fraction of sp³-hybridized carbons (Fsp3) is 0.800. The van der Waals surface area contributed by atoms with Gasteiger partial charge in [-0.15, -0.1) is 11.3 Å². The zero-order chi connectivity index (χ0) is 13.6. The SMILES string of the molecule is CC(C)c1csc(C2(N)CCC(C)(C)CC2C)n1. The maximum absolute atomic E-state index is 6.71. The van der Waals surface area contributed by atoms with Crippen LogP contribution < -0.4 is 5.73 Å². The van der Waals surface area contributed by atoms with Crippen LogP contribution in [-0.2, 0) is 5.54 Å². The van der Waals surface area contributed by atoms with Gasteiger partial charge >= 0.3 is 0 Å². The first-order valence-corrected chi connectivity index (χ1v) is 7.87. The number of hydrogen-bond acceptors (Lipinski definition) is 3. The molecular weight excluding hydrogens is 240 g/mol. The average molecular weight is 266 g/mol. The third-order valence-electron chi connectivity index (χ3n) is 4.47. The van der Waals surface area contributed by atoms with Crippen molar-refractivity contribution in [3.8, 4) is 0 Å². The summed E-state index contributed by atoms with van der Waals surface area (Å²) in [7, 11) is 0. The van der Waals surface area contributed by atoms with Gasteiger partial charge in [-0.2, -0.15) is 0 Å². The lowest BCUT2D eigenvalue weighted by atomic mass is 9.64. The van der Waals surface area contributed by atoms with Gasteiger partial charge in [-0.3, -0.25) is 0 Å². The van der Waals surface area contributed by atoms with Crippen molar-refractivity contribution in [2.24, 2.45) is 17.1 Å². The summed E-state index contributed by atoms with van der Waals surface area (Å²) >= 11 is 1.75. The largest absolute Gasteiger partial charge is 0.319 e. The van der Waals surface area contributed by atoms with Crippen molar-refractivity contribution in [3.05, 3.63) is 16.1 Å². The van der Waals surface area contributed by atoms with E-state index in [1.165, 1.54) is 18.5 Å². The van der Waals surface area contributed by atoms with Crippen LogP contribution in [0.1, 0.15) is 70.5 Å². The molecule has 2 unspecified atom stereocenters. The molecule has 1 fully saturated rings. The minimum Gasteiger partial charge on any atom is -0.319 e. The summed E-state index contributed by atoms with van der Waals surface area (Å²) in [5.74, 6) is 1.00. The molecule has 0 spiro atoms. The number of nitrogens with two attached hydrogens (primary N) is 1. The third-order valence-corrected chi connectivity index (χ3v) is 5.52. The molecule has 1 aromatic heterocycles. The molecule has 1 aliphatic carbocycles. The smallest absolute Gasteiger partial charge is 0.113 e. The molecule has 0 saturated heterocycles. The van der Waals surface area contributed by atoms with Crippen LogP contribution >= 0.6 is 11.3 Å². The lowest BCUT2D eigenvalue weighted by molar-refractivity contribution is 0.101. The minimum atomic E-state index is -0.201. The highest BCUT2D eigenvalue weighted by Gasteiger charge is 2.44. The molecule has 1 heterocycles. The van der Waals surface area contributed by atoms with Gasteiger partial charge in [0.25, 0.3) is 0 Å². The fourth-order valence-electron chi connectivity index (χ4n) is 2.99. The number of hydrogen-bond donors (Lipinski definition) is 1. The van der Waals surface area contributed by atoms with Crippen LogP contribution in [0.15, 0.2) is 5.38 Å². The number of nitrogens with zero attached hydrogens (tertiary/aromatic N) is 1. The van der Waals surface area contributed by atoms with Gasteiger partial charge in [0.05, 0.1) is 11.2 Å². The van der Waals surface area contributed by atoms with Crippen molar-refractivity contribution in [2.45, 2.75) is 65.3 Å². The van der Waals surface area contributed by atoms with Gasteiger partial charge in [0.1, 0.15) is 5.01 Å². The summed E-state index contributed by atoms with van der Waals surface area (Å²) in [6.45, 7) is 11.4. The lowest BCUT2D eigenvalue weighted by Crippen LogP contribution is -2.48. The second-order valence-electron chi connectivity index (χ2n) is 7.04. The average Bonchev–Trinajstić information content (AvgIpc) is 2.73. The predicted molar refractivity (Wildman–Crippen MR) is 78.9 cm³/mol. The number of thiazole rings is 1. The van der Waals surface area contributed by atoms with E-state index < -0.39 is 0 Å². The van der Waals surface area contributed by atoms with Crippen LogP contribution in [-0.4, -0.2) is 4.98 Å². The molecule has 0 amide bonds. The van der Waals surface area contributed by atoms with Crippen LogP contribution in [0.5, 0.6) is 0 Å². The van der Waals surface area contributed by atoms with Gasteiger partial charge in [-0.05, 0) is 36.5 Å². The molecule has 2 rings (SSSR count). The van der Waals surface area contributed by atoms with Crippen molar-refractivity contribution in [1.29, 1.82) is 0 Å². The highest BCUT2D eigenvalue weighted by atomic mass is 32.1. The van der Waals surface area contributed by atoms with E-state index >= 15 is 0 Å². The fourth-order valence-corrected chi connectivity index (χ4v) is 4.23. The zero-order valence-electron chi connectivity index (χ0n) is 12.3. The van der Waals surface area contributed by atoms with Crippen LogP contribution in [0.2, 0.25) is 0 Å². The Morgan fingerprint density at radius 2 is 2.06 bits per heavy atom. The maximum Gasteiger partial charge on any atom is 0.113 e. The molecule has 1 aliphatic rings. The summed E-state index contributed by atoms with van der Waals surface area (Å²) in [4.78, 5) is 4.80. The molecule has 1 saturated carbocycles.